The highest BCUT2D eigenvalue weighted by Gasteiger charge is 2.19. The van der Waals surface area contributed by atoms with E-state index in [1.807, 2.05) is 12.1 Å². The first-order valence-electron chi connectivity index (χ1n) is 6.32. The minimum atomic E-state index is 0.0239. The molecule has 0 radical (unpaired) electrons. The highest BCUT2D eigenvalue weighted by molar-refractivity contribution is 5.94. The molecule has 1 aromatic heterocycles. The maximum absolute atomic E-state index is 9.11. The van der Waals surface area contributed by atoms with Gasteiger partial charge in [-0.3, -0.25) is 15.3 Å². The molecule has 1 saturated heterocycles. The number of hydrogen-bond donors (Lipinski definition) is 3. The van der Waals surface area contributed by atoms with Gasteiger partial charge < -0.3 is 10.8 Å². The Kier molecular flexibility index (Phi) is 4.28. The molecule has 1 fully saturated rings. The Hall–Kier alpha value is -1.46. The van der Waals surface area contributed by atoms with Gasteiger partial charge in [0.15, 0.2) is 0 Å². The smallest absolute Gasteiger partial charge is 0.142 e. The monoisotopic (exact) mass is 248 g/mol. The van der Waals surface area contributed by atoms with Crippen molar-refractivity contribution >= 4 is 5.84 Å². The predicted octanol–water partition coefficient (Wildman–Crippen LogP) is 0.570. The van der Waals surface area contributed by atoms with Crippen LogP contribution in [-0.4, -0.2) is 40.5 Å². The molecule has 18 heavy (non-hydrogen) atoms. The van der Waals surface area contributed by atoms with Gasteiger partial charge in [0, 0.05) is 19.3 Å². The van der Waals surface area contributed by atoms with Gasteiger partial charge in [-0.05, 0) is 43.5 Å². The van der Waals surface area contributed by atoms with Crippen molar-refractivity contribution in [2.45, 2.75) is 19.4 Å². The molecule has 0 unspecified atom stereocenters. The molecule has 1 aliphatic rings. The number of nitrogens with zero attached hydrogens (tertiary/aromatic N) is 2. The van der Waals surface area contributed by atoms with Crippen molar-refractivity contribution in [1.29, 1.82) is 5.41 Å². The maximum atomic E-state index is 9.11. The van der Waals surface area contributed by atoms with Crippen molar-refractivity contribution in [3.63, 3.8) is 0 Å². The summed E-state index contributed by atoms with van der Waals surface area (Å²) in [6, 6.07) is 3.85. The van der Waals surface area contributed by atoms with Gasteiger partial charge in [0.2, 0.25) is 0 Å². The molecular formula is C13H20N4O. The zero-order valence-corrected chi connectivity index (χ0v) is 10.5. The van der Waals surface area contributed by atoms with Crippen molar-refractivity contribution in [2.24, 2.45) is 11.7 Å². The number of nitrogens with two attached hydrogens (primary N) is 1. The standard InChI is InChI=1S/C13H20N4O/c14-13(15)12-11(2-1-5-16-12)8-17-6-3-10(9-18)4-7-17/h1-2,5,10,18H,3-4,6-9H2,(H3,14,15). The fourth-order valence-electron chi connectivity index (χ4n) is 2.38. The first kappa shape index (κ1) is 13.0. The average Bonchev–Trinajstić information content (AvgIpc) is 2.40. The van der Waals surface area contributed by atoms with Crippen molar-refractivity contribution in [1.82, 2.24) is 9.88 Å². The van der Waals surface area contributed by atoms with Crippen LogP contribution in [0.2, 0.25) is 0 Å². The van der Waals surface area contributed by atoms with Crippen LogP contribution >= 0.6 is 0 Å². The van der Waals surface area contributed by atoms with Gasteiger partial charge in [-0.2, -0.15) is 0 Å². The van der Waals surface area contributed by atoms with Crippen LogP contribution in [-0.2, 0) is 6.54 Å². The number of piperidine rings is 1. The van der Waals surface area contributed by atoms with E-state index in [2.05, 4.69) is 9.88 Å². The Labute approximate surface area is 107 Å². The number of likely N-dealkylation sites (tertiary alicyclic amines) is 1. The Bertz CT molecular complexity index is 413. The molecule has 1 aliphatic heterocycles. The summed E-state index contributed by atoms with van der Waals surface area (Å²) >= 11 is 0. The normalized spacial score (nSPS) is 17.8. The van der Waals surface area contributed by atoms with Crippen molar-refractivity contribution in [3.8, 4) is 0 Å². The average molecular weight is 248 g/mol. The number of aliphatic hydroxyl groups excluding tert-OH is 1. The maximum Gasteiger partial charge on any atom is 0.142 e. The van der Waals surface area contributed by atoms with Gasteiger partial charge in [0.05, 0.1) is 0 Å². The number of hydrogen-bond acceptors (Lipinski definition) is 4. The summed E-state index contributed by atoms with van der Waals surface area (Å²) in [6.45, 7) is 3.04. The highest BCUT2D eigenvalue weighted by atomic mass is 16.3. The molecule has 5 heteroatoms. The lowest BCUT2D eigenvalue weighted by Crippen LogP contribution is -2.35. The summed E-state index contributed by atoms with van der Waals surface area (Å²) in [7, 11) is 0. The van der Waals surface area contributed by atoms with E-state index >= 15 is 0 Å². The van der Waals surface area contributed by atoms with Crippen LogP contribution in [0.25, 0.3) is 0 Å². The Morgan fingerprint density at radius 3 is 2.83 bits per heavy atom. The molecule has 0 aliphatic carbocycles. The number of pyridine rings is 1. The van der Waals surface area contributed by atoms with E-state index in [1.54, 1.807) is 6.20 Å². The molecule has 2 rings (SSSR count). The lowest BCUT2D eigenvalue weighted by Gasteiger charge is -2.31. The molecule has 1 aromatic rings. The first-order valence-corrected chi connectivity index (χ1v) is 6.32. The number of aromatic nitrogens is 1. The van der Waals surface area contributed by atoms with E-state index in [-0.39, 0.29) is 5.84 Å². The molecule has 0 spiro atoms. The Morgan fingerprint density at radius 1 is 1.50 bits per heavy atom. The quantitative estimate of drug-likeness (QED) is 0.537. The third kappa shape index (κ3) is 3.05. The van der Waals surface area contributed by atoms with Gasteiger partial charge in [-0.1, -0.05) is 6.07 Å². The molecule has 0 amide bonds. The molecule has 98 valence electrons. The zero-order chi connectivity index (χ0) is 13.0. The minimum Gasteiger partial charge on any atom is -0.396 e. The van der Waals surface area contributed by atoms with Crippen LogP contribution in [0.3, 0.4) is 0 Å². The van der Waals surface area contributed by atoms with Gasteiger partial charge in [0.1, 0.15) is 11.5 Å². The summed E-state index contributed by atoms with van der Waals surface area (Å²) in [6.07, 6.45) is 3.73. The van der Waals surface area contributed by atoms with E-state index in [4.69, 9.17) is 16.2 Å². The molecular weight excluding hydrogens is 228 g/mol. The predicted molar refractivity (Wildman–Crippen MR) is 70.3 cm³/mol. The minimum absolute atomic E-state index is 0.0239. The van der Waals surface area contributed by atoms with Crippen molar-refractivity contribution in [2.75, 3.05) is 19.7 Å². The van der Waals surface area contributed by atoms with Gasteiger partial charge in [0.25, 0.3) is 0 Å². The lowest BCUT2D eigenvalue weighted by molar-refractivity contribution is 0.127. The van der Waals surface area contributed by atoms with E-state index in [0.717, 1.165) is 38.0 Å². The summed E-state index contributed by atoms with van der Waals surface area (Å²) in [4.78, 5) is 6.49. The lowest BCUT2D eigenvalue weighted by atomic mass is 9.97. The molecule has 2 heterocycles. The number of nitrogens with one attached hydrogen (secondary N) is 1. The van der Waals surface area contributed by atoms with E-state index < -0.39 is 0 Å². The van der Waals surface area contributed by atoms with Gasteiger partial charge >= 0.3 is 0 Å². The number of rotatable bonds is 4. The Morgan fingerprint density at radius 2 is 2.22 bits per heavy atom. The molecule has 0 saturated carbocycles. The van der Waals surface area contributed by atoms with Crippen LogP contribution in [0.15, 0.2) is 18.3 Å². The fourth-order valence-corrected chi connectivity index (χ4v) is 2.38. The number of nitrogen functional groups attached to an aromatic ring is 1. The first-order chi connectivity index (χ1) is 8.70. The van der Waals surface area contributed by atoms with Crippen LogP contribution in [0.5, 0.6) is 0 Å². The topological polar surface area (TPSA) is 86.2 Å². The van der Waals surface area contributed by atoms with E-state index in [1.165, 1.54) is 0 Å². The van der Waals surface area contributed by atoms with Crippen LogP contribution in [0, 0.1) is 11.3 Å². The van der Waals surface area contributed by atoms with Gasteiger partial charge in [-0.25, -0.2) is 0 Å². The van der Waals surface area contributed by atoms with Crippen molar-refractivity contribution in [3.05, 3.63) is 29.6 Å². The number of amidine groups is 1. The van der Waals surface area contributed by atoms with E-state index in [9.17, 15) is 0 Å². The van der Waals surface area contributed by atoms with Gasteiger partial charge in [-0.15, -0.1) is 0 Å². The summed E-state index contributed by atoms with van der Waals surface area (Å²) in [5.74, 6) is 0.471. The second kappa shape index (κ2) is 5.93. The Balaban J connectivity index is 2.00. The van der Waals surface area contributed by atoms with Crippen LogP contribution < -0.4 is 5.73 Å². The largest absolute Gasteiger partial charge is 0.396 e. The highest BCUT2D eigenvalue weighted by Crippen LogP contribution is 2.19. The summed E-state index contributed by atoms with van der Waals surface area (Å²) in [5, 5.41) is 16.6. The SMILES string of the molecule is N=C(N)c1ncccc1CN1CCC(CO)CC1. The second-order valence-electron chi connectivity index (χ2n) is 4.83. The molecule has 5 nitrogen and oxygen atoms in total. The number of aliphatic hydroxyl groups is 1. The molecule has 0 atom stereocenters. The van der Waals surface area contributed by atoms with Crippen molar-refractivity contribution < 1.29 is 5.11 Å². The third-order valence-electron chi connectivity index (χ3n) is 3.51. The van der Waals surface area contributed by atoms with E-state index in [0.29, 0.717) is 18.2 Å². The molecule has 0 bridgehead atoms. The second-order valence-corrected chi connectivity index (χ2v) is 4.83. The summed E-state index contributed by atoms with van der Waals surface area (Å²) in [5.41, 5.74) is 7.12. The third-order valence-corrected chi connectivity index (χ3v) is 3.51. The molecule has 4 N–H and O–H groups in total. The summed E-state index contributed by atoms with van der Waals surface area (Å²) < 4.78 is 0. The molecule has 0 aromatic carbocycles. The van der Waals surface area contributed by atoms with Crippen LogP contribution in [0.4, 0.5) is 0 Å². The zero-order valence-electron chi connectivity index (χ0n) is 10.5. The van der Waals surface area contributed by atoms with Crippen LogP contribution in [0.1, 0.15) is 24.1 Å². The fraction of sp³-hybridized carbons (Fsp3) is 0.538.